The van der Waals surface area contributed by atoms with E-state index in [9.17, 15) is 10.1 Å². The summed E-state index contributed by atoms with van der Waals surface area (Å²) in [4.78, 5) is 19.4. The molecule has 29 heavy (non-hydrogen) atoms. The SMILES string of the molecule is CC1C=C2OC(N)=C(C#N)C(c3ccccc3)C2C(=O)N1CCCn1ccnc1. The first-order valence-corrected chi connectivity index (χ1v) is 9.70. The summed E-state index contributed by atoms with van der Waals surface area (Å²) in [5, 5.41) is 9.71. The number of aryl methyl sites for hydroxylation is 1. The van der Waals surface area contributed by atoms with Gasteiger partial charge in [0.1, 0.15) is 17.7 Å². The second kappa shape index (κ2) is 7.84. The molecule has 148 valence electrons. The third kappa shape index (κ3) is 3.49. The lowest BCUT2D eigenvalue weighted by Gasteiger charge is -2.41. The molecule has 3 atom stereocenters. The van der Waals surface area contributed by atoms with Crippen LogP contribution in [0.1, 0.15) is 24.8 Å². The van der Waals surface area contributed by atoms with Crippen molar-refractivity contribution in [1.82, 2.24) is 14.5 Å². The fourth-order valence-corrected chi connectivity index (χ4v) is 4.14. The number of ether oxygens (including phenoxy) is 1. The van der Waals surface area contributed by atoms with Gasteiger partial charge < -0.3 is 19.9 Å². The highest BCUT2D eigenvalue weighted by Crippen LogP contribution is 2.45. The quantitative estimate of drug-likeness (QED) is 0.847. The van der Waals surface area contributed by atoms with Crippen LogP contribution in [0.25, 0.3) is 0 Å². The summed E-state index contributed by atoms with van der Waals surface area (Å²) in [6.45, 7) is 3.37. The van der Waals surface area contributed by atoms with E-state index in [4.69, 9.17) is 10.5 Å². The molecule has 0 aliphatic carbocycles. The summed E-state index contributed by atoms with van der Waals surface area (Å²) in [7, 11) is 0. The van der Waals surface area contributed by atoms with Crippen LogP contribution >= 0.6 is 0 Å². The first-order valence-electron chi connectivity index (χ1n) is 9.70. The van der Waals surface area contributed by atoms with Crippen LogP contribution in [0.2, 0.25) is 0 Å². The molecule has 7 heteroatoms. The lowest BCUT2D eigenvalue weighted by molar-refractivity contribution is -0.139. The molecule has 0 saturated heterocycles. The van der Waals surface area contributed by atoms with E-state index in [1.807, 2.05) is 59.0 Å². The molecule has 3 heterocycles. The van der Waals surface area contributed by atoms with Gasteiger partial charge in [-0.25, -0.2) is 4.98 Å². The first-order chi connectivity index (χ1) is 14.1. The number of nitriles is 1. The molecule has 2 aliphatic rings. The van der Waals surface area contributed by atoms with Gasteiger partial charge in [-0.15, -0.1) is 0 Å². The van der Waals surface area contributed by atoms with Crippen molar-refractivity contribution in [3.8, 4) is 6.07 Å². The average molecular weight is 389 g/mol. The Morgan fingerprint density at radius 2 is 2.03 bits per heavy atom. The maximum atomic E-state index is 13.5. The highest BCUT2D eigenvalue weighted by molar-refractivity contribution is 5.85. The Bertz CT molecular complexity index is 988. The van der Waals surface area contributed by atoms with Crippen molar-refractivity contribution in [1.29, 1.82) is 5.26 Å². The lowest BCUT2D eigenvalue weighted by Crippen LogP contribution is -2.49. The summed E-state index contributed by atoms with van der Waals surface area (Å²) in [6, 6.07) is 11.6. The van der Waals surface area contributed by atoms with E-state index in [-0.39, 0.29) is 17.8 Å². The van der Waals surface area contributed by atoms with Crippen molar-refractivity contribution >= 4 is 5.91 Å². The monoisotopic (exact) mass is 389 g/mol. The van der Waals surface area contributed by atoms with Crippen LogP contribution in [0.15, 0.2) is 72.3 Å². The molecule has 0 spiro atoms. The summed E-state index contributed by atoms with van der Waals surface area (Å²) >= 11 is 0. The second-order valence-electron chi connectivity index (χ2n) is 7.35. The number of rotatable bonds is 5. The molecule has 1 amide bonds. The summed E-state index contributed by atoms with van der Waals surface area (Å²) in [5.74, 6) is -0.438. The van der Waals surface area contributed by atoms with E-state index in [0.29, 0.717) is 17.9 Å². The highest BCUT2D eigenvalue weighted by Gasteiger charge is 2.46. The molecule has 0 saturated carbocycles. The normalized spacial score (nSPS) is 23.9. The number of benzene rings is 1. The fraction of sp³-hybridized carbons (Fsp3) is 0.318. The van der Waals surface area contributed by atoms with Crippen molar-refractivity contribution in [3.63, 3.8) is 0 Å². The number of allylic oxidation sites excluding steroid dienone is 1. The standard InChI is InChI=1S/C22H23N5O2/c1-15-12-18-20(22(28)27(15)10-5-9-26-11-8-25-14-26)19(16-6-3-2-4-7-16)17(13-23)21(24)29-18/h2-4,6-8,11-12,14-15,19-20H,5,9-10,24H2,1H3. The van der Waals surface area contributed by atoms with E-state index in [1.165, 1.54) is 0 Å². The molecule has 0 radical (unpaired) electrons. The molecule has 2 aliphatic heterocycles. The summed E-state index contributed by atoms with van der Waals surface area (Å²) in [6.07, 6.45) is 8.18. The molecule has 1 aromatic heterocycles. The minimum Gasteiger partial charge on any atom is -0.444 e. The zero-order valence-corrected chi connectivity index (χ0v) is 16.2. The van der Waals surface area contributed by atoms with Crippen LogP contribution in [-0.4, -0.2) is 32.9 Å². The van der Waals surface area contributed by atoms with Gasteiger partial charge in [0.05, 0.1) is 17.9 Å². The van der Waals surface area contributed by atoms with Gasteiger partial charge >= 0.3 is 0 Å². The largest absolute Gasteiger partial charge is 0.444 e. The van der Waals surface area contributed by atoms with Crippen LogP contribution in [0.4, 0.5) is 0 Å². The van der Waals surface area contributed by atoms with Gasteiger partial charge in [0.2, 0.25) is 11.8 Å². The van der Waals surface area contributed by atoms with Gasteiger partial charge in [0.15, 0.2) is 0 Å². The van der Waals surface area contributed by atoms with E-state index < -0.39 is 11.8 Å². The average Bonchev–Trinajstić information content (AvgIpc) is 3.23. The van der Waals surface area contributed by atoms with Crippen LogP contribution in [0.5, 0.6) is 0 Å². The van der Waals surface area contributed by atoms with Crippen molar-refractivity contribution in [2.24, 2.45) is 11.7 Å². The molecular weight excluding hydrogens is 366 g/mol. The molecule has 0 bridgehead atoms. The van der Waals surface area contributed by atoms with Crippen molar-refractivity contribution in [3.05, 3.63) is 77.9 Å². The minimum atomic E-state index is -0.580. The number of nitrogens with two attached hydrogens (primary N) is 1. The number of fused-ring (bicyclic) bond motifs is 1. The van der Waals surface area contributed by atoms with E-state index >= 15 is 0 Å². The van der Waals surface area contributed by atoms with Crippen LogP contribution in [0.3, 0.4) is 0 Å². The Balaban J connectivity index is 1.63. The highest BCUT2D eigenvalue weighted by atomic mass is 16.5. The van der Waals surface area contributed by atoms with Gasteiger partial charge in [-0.1, -0.05) is 30.3 Å². The van der Waals surface area contributed by atoms with Crippen molar-refractivity contribution in [2.75, 3.05) is 6.54 Å². The lowest BCUT2D eigenvalue weighted by atomic mass is 9.75. The van der Waals surface area contributed by atoms with Gasteiger partial charge in [0, 0.05) is 31.4 Å². The van der Waals surface area contributed by atoms with Crippen LogP contribution in [-0.2, 0) is 16.1 Å². The van der Waals surface area contributed by atoms with Crippen molar-refractivity contribution in [2.45, 2.75) is 31.8 Å². The Labute approximate surface area is 169 Å². The maximum Gasteiger partial charge on any atom is 0.234 e. The molecule has 2 aromatic rings. The smallest absolute Gasteiger partial charge is 0.234 e. The molecule has 0 fully saturated rings. The number of nitrogens with zero attached hydrogens (tertiary/aromatic N) is 4. The molecule has 2 N–H and O–H groups in total. The van der Waals surface area contributed by atoms with E-state index in [1.54, 1.807) is 12.5 Å². The number of hydrogen-bond acceptors (Lipinski definition) is 5. The Hall–Kier alpha value is -3.53. The molecular formula is C22H23N5O2. The predicted octanol–water partition coefficient (Wildman–Crippen LogP) is 2.51. The number of aromatic nitrogens is 2. The van der Waals surface area contributed by atoms with Gasteiger partial charge in [-0.05, 0) is 25.0 Å². The summed E-state index contributed by atoms with van der Waals surface area (Å²) in [5.41, 5.74) is 7.23. The Morgan fingerprint density at radius 3 is 2.72 bits per heavy atom. The molecule has 7 nitrogen and oxygen atoms in total. The Morgan fingerprint density at radius 1 is 1.24 bits per heavy atom. The van der Waals surface area contributed by atoms with Crippen LogP contribution in [0, 0.1) is 17.2 Å². The zero-order valence-electron chi connectivity index (χ0n) is 16.2. The van der Waals surface area contributed by atoms with E-state index in [0.717, 1.165) is 18.5 Å². The zero-order chi connectivity index (χ0) is 20.4. The summed E-state index contributed by atoms with van der Waals surface area (Å²) < 4.78 is 7.73. The Kier molecular flexibility index (Phi) is 5.09. The van der Waals surface area contributed by atoms with Gasteiger partial charge in [-0.2, -0.15) is 5.26 Å². The predicted molar refractivity (Wildman–Crippen MR) is 107 cm³/mol. The number of amides is 1. The minimum absolute atomic E-state index is 0.0327. The number of imidazole rings is 1. The van der Waals surface area contributed by atoms with Crippen molar-refractivity contribution < 1.29 is 9.53 Å². The van der Waals surface area contributed by atoms with E-state index in [2.05, 4.69) is 11.1 Å². The van der Waals surface area contributed by atoms with Gasteiger partial charge in [-0.3, -0.25) is 4.79 Å². The third-order valence-electron chi connectivity index (χ3n) is 5.54. The van der Waals surface area contributed by atoms with Crippen LogP contribution < -0.4 is 5.73 Å². The third-order valence-corrected chi connectivity index (χ3v) is 5.54. The topological polar surface area (TPSA) is 97.2 Å². The number of carbonyl (C=O) groups excluding carboxylic acids is 1. The molecule has 3 unspecified atom stereocenters. The fourth-order valence-electron chi connectivity index (χ4n) is 4.14. The maximum absolute atomic E-state index is 13.5. The number of hydrogen-bond donors (Lipinski definition) is 1. The second-order valence-corrected chi connectivity index (χ2v) is 7.35. The molecule has 4 rings (SSSR count). The first kappa shape index (κ1) is 18.8. The van der Waals surface area contributed by atoms with Gasteiger partial charge in [0.25, 0.3) is 0 Å². The molecule has 1 aromatic carbocycles. The number of carbonyl (C=O) groups is 1.